The van der Waals surface area contributed by atoms with Gasteiger partial charge in [0.2, 0.25) is 0 Å². The number of halogens is 1. The molecule has 0 aliphatic carbocycles. The second kappa shape index (κ2) is 7.85. The van der Waals surface area contributed by atoms with E-state index in [0.717, 1.165) is 30.9 Å². The predicted molar refractivity (Wildman–Crippen MR) is 79.1 cm³/mol. The Morgan fingerprint density at radius 1 is 1.32 bits per heavy atom. The molecule has 1 aromatic rings. The number of nitrogens with two attached hydrogens (primary N) is 1. The van der Waals surface area contributed by atoms with Crippen LogP contribution in [0.5, 0.6) is 0 Å². The van der Waals surface area contributed by atoms with E-state index >= 15 is 0 Å². The fourth-order valence-electron chi connectivity index (χ4n) is 2.57. The zero-order valence-electron chi connectivity index (χ0n) is 11.3. The van der Waals surface area contributed by atoms with Gasteiger partial charge in [0.25, 0.3) is 0 Å². The van der Waals surface area contributed by atoms with Crippen molar-refractivity contribution in [1.82, 2.24) is 5.43 Å². The van der Waals surface area contributed by atoms with E-state index in [-0.39, 0.29) is 0 Å². The van der Waals surface area contributed by atoms with Crippen molar-refractivity contribution < 1.29 is 4.74 Å². The maximum Gasteiger partial charge on any atom is 0.0575 e. The van der Waals surface area contributed by atoms with E-state index in [4.69, 9.17) is 22.2 Å². The Labute approximate surface area is 120 Å². The quantitative estimate of drug-likeness (QED) is 0.623. The van der Waals surface area contributed by atoms with E-state index in [1.807, 2.05) is 12.1 Å². The minimum atomic E-state index is 0.298. The second-order valence-corrected chi connectivity index (χ2v) is 5.70. The molecule has 3 nitrogen and oxygen atoms in total. The average Bonchev–Trinajstić information content (AvgIpc) is 2.46. The van der Waals surface area contributed by atoms with Gasteiger partial charge in [0.15, 0.2) is 0 Å². The highest BCUT2D eigenvalue weighted by molar-refractivity contribution is 6.30. The monoisotopic (exact) mass is 282 g/mol. The summed E-state index contributed by atoms with van der Waals surface area (Å²) < 4.78 is 5.75. The summed E-state index contributed by atoms with van der Waals surface area (Å²) in [7, 11) is 0. The van der Waals surface area contributed by atoms with Crippen LogP contribution < -0.4 is 11.3 Å². The van der Waals surface area contributed by atoms with Gasteiger partial charge in [-0.25, -0.2) is 0 Å². The zero-order chi connectivity index (χ0) is 13.5. The van der Waals surface area contributed by atoms with E-state index in [0.29, 0.717) is 12.1 Å². The minimum absolute atomic E-state index is 0.298. The highest BCUT2D eigenvalue weighted by atomic mass is 35.5. The van der Waals surface area contributed by atoms with Crippen LogP contribution in [0.25, 0.3) is 0 Å². The molecule has 3 N–H and O–H groups in total. The van der Waals surface area contributed by atoms with Crippen LogP contribution in [0.15, 0.2) is 24.3 Å². The first-order valence-corrected chi connectivity index (χ1v) is 7.48. The van der Waals surface area contributed by atoms with E-state index < -0.39 is 0 Å². The van der Waals surface area contributed by atoms with Gasteiger partial charge >= 0.3 is 0 Å². The molecule has 0 spiro atoms. The van der Waals surface area contributed by atoms with Crippen molar-refractivity contribution in [2.45, 2.75) is 50.7 Å². The molecular formula is C15H23ClN2O. The van der Waals surface area contributed by atoms with E-state index in [9.17, 15) is 0 Å². The summed E-state index contributed by atoms with van der Waals surface area (Å²) in [6.07, 6.45) is 7.18. The van der Waals surface area contributed by atoms with Crippen molar-refractivity contribution in [2.24, 2.45) is 5.84 Å². The molecular weight excluding hydrogens is 260 g/mol. The SMILES string of the molecule is NNC(CCC1CCCCO1)Cc1ccc(Cl)cc1. The molecule has 1 aliphatic rings. The van der Waals surface area contributed by atoms with Crippen LogP contribution in [0.1, 0.15) is 37.7 Å². The number of ether oxygens (including phenoxy) is 1. The lowest BCUT2D eigenvalue weighted by Crippen LogP contribution is -2.37. The number of rotatable bonds is 6. The number of hydrogen-bond donors (Lipinski definition) is 2. The van der Waals surface area contributed by atoms with Crippen LogP contribution in [0.4, 0.5) is 0 Å². The molecule has 2 unspecified atom stereocenters. The molecule has 1 aromatic carbocycles. The van der Waals surface area contributed by atoms with Crippen molar-refractivity contribution in [3.8, 4) is 0 Å². The third-order valence-corrected chi connectivity index (χ3v) is 3.99. The van der Waals surface area contributed by atoms with Gasteiger partial charge in [-0.2, -0.15) is 0 Å². The van der Waals surface area contributed by atoms with Gasteiger partial charge in [0.05, 0.1) is 6.10 Å². The summed E-state index contributed by atoms with van der Waals surface area (Å²) in [6, 6.07) is 8.27. The molecule has 1 fully saturated rings. The number of benzene rings is 1. The van der Waals surface area contributed by atoms with E-state index in [1.54, 1.807) is 0 Å². The van der Waals surface area contributed by atoms with E-state index in [1.165, 1.54) is 24.8 Å². The van der Waals surface area contributed by atoms with Crippen molar-refractivity contribution in [3.05, 3.63) is 34.9 Å². The highest BCUT2D eigenvalue weighted by Gasteiger charge is 2.16. The van der Waals surface area contributed by atoms with Gasteiger partial charge < -0.3 is 4.74 Å². The molecule has 0 amide bonds. The van der Waals surface area contributed by atoms with Crippen LogP contribution >= 0.6 is 11.6 Å². The van der Waals surface area contributed by atoms with Crippen LogP contribution in [0.3, 0.4) is 0 Å². The van der Waals surface area contributed by atoms with Crippen LogP contribution in [0.2, 0.25) is 5.02 Å². The Hall–Kier alpha value is -0.610. The molecule has 0 saturated carbocycles. The van der Waals surface area contributed by atoms with Crippen LogP contribution in [-0.2, 0) is 11.2 Å². The summed E-state index contributed by atoms with van der Waals surface area (Å²) >= 11 is 5.89. The van der Waals surface area contributed by atoms with Gasteiger partial charge in [-0.1, -0.05) is 23.7 Å². The minimum Gasteiger partial charge on any atom is -0.378 e. The normalized spacial score (nSPS) is 21.3. The van der Waals surface area contributed by atoms with Crippen molar-refractivity contribution in [3.63, 3.8) is 0 Å². The number of hydrogen-bond acceptors (Lipinski definition) is 3. The topological polar surface area (TPSA) is 47.3 Å². The lowest BCUT2D eigenvalue weighted by Gasteiger charge is -2.24. The van der Waals surface area contributed by atoms with Gasteiger partial charge in [0, 0.05) is 17.7 Å². The first-order chi connectivity index (χ1) is 9.28. The Kier molecular flexibility index (Phi) is 6.11. The van der Waals surface area contributed by atoms with Gasteiger partial charge in [0.1, 0.15) is 0 Å². The van der Waals surface area contributed by atoms with Gasteiger partial charge in [-0.05, 0) is 56.2 Å². The Balaban J connectivity index is 1.77. The Morgan fingerprint density at radius 3 is 2.74 bits per heavy atom. The molecule has 2 atom stereocenters. The van der Waals surface area contributed by atoms with Crippen molar-refractivity contribution in [1.29, 1.82) is 0 Å². The second-order valence-electron chi connectivity index (χ2n) is 5.26. The van der Waals surface area contributed by atoms with Crippen LogP contribution in [0, 0.1) is 0 Å². The third kappa shape index (κ3) is 5.11. The molecule has 1 heterocycles. The van der Waals surface area contributed by atoms with E-state index in [2.05, 4.69) is 17.6 Å². The Bertz CT molecular complexity index is 363. The highest BCUT2D eigenvalue weighted by Crippen LogP contribution is 2.19. The lowest BCUT2D eigenvalue weighted by atomic mass is 9.98. The fourth-order valence-corrected chi connectivity index (χ4v) is 2.70. The smallest absolute Gasteiger partial charge is 0.0575 e. The predicted octanol–water partition coefficient (Wildman–Crippen LogP) is 3.06. The molecule has 19 heavy (non-hydrogen) atoms. The van der Waals surface area contributed by atoms with Gasteiger partial charge in [-0.15, -0.1) is 0 Å². The van der Waals surface area contributed by atoms with Crippen LogP contribution in [-0.4, -0.2) is 18.8 Å². The van der Waals surface area contributed by atoms with Crippen molar-refractivity contribution >= 4 is 11.6 Å². The first-order valence-electron chi connectivity index (χ1n) is 7.10. The molecule has 1 saturated heterocycles. The maximum atomic E-state index is 5.89. The van der Waals surface area contributed by atoms with Crippen molar-refractivity contribution in [2.75, 3.05) is 6.61 Å². The molecule has 0 bridgehead atoms. The molecule has 106 valence electrons. The summed E-state index contributed by atoms with van der Waals surface area (Å²) in [5, 5.41) is 0.775. The number of hydrazine groups is 1. The summed E-state index contributed by atoms with van der Waals surface area (Å²) in [5.41, 5.74) is 4.18. The van der Waals surface area contributed by atoms with Gasteiger partial charge in [-0.3, -0.25) is 11.3 Å². The summed E-state index contributed by atoms with van der Waals surface area (Å²) in [6.45, 7) is 0.919. The number of nitrogens with one attached hydrogen (secondary N) is 1. The molecule has 0 radical (unpaired) electrons. The average molecular weight is 283 g/mol. The molecule has 4 heteroatoms. The third-order valence-electron chi connectivity index (χ3n) is 3.74. The maximum absolute atomic E-state index is 5.89. The molecule has 0 aromatic heterocycles. The zero-order valence-corrected chi connectivity index (χ0v) is 12.0. The summed E-state index contributed by atoms with van der Waals surface area (Å²) in [4.78, 5) is 0. The molecule has 2 rings (SSSR count). The Morgan fingerprint density at radius 2 is 2.11 bits per heavy atom. The first kappa shape index (κ1) is 14.8. The standard InChI is InChI=1S/C15H23ClN2O/c16-13-6-4-12(5-7-13)11-14(18-17)8-9-15-3-1-2-10-19-15/h4-7,14-15,18H,1-3,8-11,17H2. The molecule has 1 aliphatic heterocycles. The largest absolute Gasteiger partial charge is 0.378 e. The summed E-state index contributed by atoms with van der Waals surface area (Å²) in [5.74, 6) is 5.65. The lowest BCUT2D eigenvalue weighted by molar-refractivity contribution is 0.00858. The fraction of sp³-hybridized carbons (Fsp3) is 0.600.